The van der Waals surface area contributed by atoms with Crippen LogP contribution in [0.3, 0.4) is 0 Å². The van der Waals surface area contributed by atoms with Crippen LogP contribution >= 0.6 is 35.3 Å². The zero-order valence-corrected chi connectivity index (χ0v) is 55.2. The summed E-state index contributed by atoms with van der Waals surface area (Å²) in [4.78, 5) is 118. The van der Waals surface area contributed by atoms with E-state index in [9.17, 15) is 43.2 Å². The van der Waals surface area contributed by atoms with Gasteiger partial charge >= 0.3 is 52.9 Å². The molecule has 1 rings (SSSR count). The molecule has 0 amide bonds. The number of aromatic nitrogens is 3. The molecule has 0 aliphatic carbocycles. The molecule has 18 nitrogen and oxygen atoms in total. The van der Waals surface area contributed by atoms with Crippen LogP contribution < -0.4 is 17.1 Å². The molecule has 0 aliphatic rings. The third kappa shape index (κ3) is 40.6. The average Bonchev–Trinajstić information content (AvgIpc) is 1.75. The van der Waals surface area contributed by atoms with E-state index in [1.165, 1.54) is 191 Å². The van der Waals surface area contributed by atoms with Crippen molar-refractivity contribution >= 4 is 71.1 Å². The van der Waals surface area contributed by atoms with Gasteiger partial charge in [-0.2, -0.15) is 35.3 Å². The maximum Gasteiger partial charge on any atom is 0.342 e. The van der Waals surface area contributed by atoms with Gasteiger partial charge in [0.1, 0.15) is 0 Å². The van der Waals surface area contributed by atoms with Gasteiger partial charge in [0.15, 0.2) is 18.7 Å². The molecule has 0 fully saturated rings. The molecule has 3 atom stereocenters. The summed E-state index contributed by atoms with van der Waals surface area (Å²) in [7, 11) is 0. The van der Waals surface area contributed by atoms with Gasteiger partial charge in [-0.1, -0.05) is 194 Å². The van der Waals surface area contributed by atoms with Crippen LogP contribution in [0.4, 0.5) is 0 Å². The Morgan fingerprint density at radius 2 is 0.476 bits per heavy atom. The molecule has 0 saturated heterocycles. The van der Waals surface area contributed by atoms with E-state index in [2.05, 4.69) is 20.8 Å². The molecule has 0 N–H and O–H groups in total. The van der Waals surface area contributed by atoms with Crippen molar-refractivity contribution in [3.63, 3.8) is 0 Å². The van der Waals surface area contributed by atoms with Crippen LogP contribution in [0.25, 0.3) is 0 Å². The highest BCUT2D eigenvalue weighted by Crippen LogP contribution is 2.17. The number of hydrogen-bond acceptors (Lipinski definition) is 18. The van der Waals surface area contributed by atoms with Crippen LogP contribution in [0.15, 0.2) is 14.4 Å². The molecule has 0 aromatic carbocycles. The van der Waals surface area contributed by atoms with E-state index in [1.807, 2.05) is 0 Å². The summed E-state index contributed by atoms with van der Waals surface area (Å²) < 4.78 is 34.3. The third-order valence-electron chi connectivity index (χ3n) is 14.2. The Balaban J connectivity index is 2.83. The Bertz CT molecular complexity index is 1840. The lowest BCUT2D eigenvalue weighted by Crippen LogP contribution is -2.57. The summed E-state index contributed by atoms with van der Waals surface area (Å²) in [5.74, 6) is -1.25. The molecule has 3 unspecified atom stereocenters. The molecular formula is C63H111N3O15S3. The standard InChI is InChI=1S/C63H111N3O15S3/c1-7-10-13-16-19-22-25-28-31-34-43-76-55(67)37-46-82-49-40-58(70)79-52(4)64-61(73)65(53(5)80-59(71)41-50-83-47-38-56(68)77-44-35-32-29-26-23-20-17-14-11-8-2)63(75)66(62(64)74)54(6)81-60(72)42-51-84-48-39-57(69)78-45-36-33-30-27-24-21-18-15-12-9-3/h52-54H,7-51H2,1-6H3. The molecule has 1 heterocycles. The van der Waals surface area contributed by atoms with Crippen LogP contribution in [-0.4, -0.2) is 104 Å². The topological polar surface area (TPSA) is 224 Å². The lowest BCUT2D eigenvalue weighted by atomic mass is 10.1. The fraction of sp³-hybridized carbons (Fsp3) is 0.857. The number of esters is 6. The Hall–Kier alpha value is -3.72. The van der Waals surface area contributed by atoms with E-state index in [4.69, 9.17) is 28.4 Å². The highest BCUT2D eigenvalue weighted by molar-refractivity contribution is 7.99. The van der Waals surface area contributed by atoms with Crippen LogP contribution in [0.2, 0.25) is 0 Å². The largest absolute Gasteiger partial charge is 0.466 e. The van der Waals surface area contributed by atoms with Gasteiger partial charge in [-0.05, 0) is 40.0 Å². The fourth-order valence-electron chi connectivity index (χ4n) is 9.21. The molecule has 0 saturated carbocycles. The summed E-state index contributed by atoms with van der Waals surface area (Å²) in [6, 6.07) is 0. The smallest absolute Gasteiger partial charge is 0.342 e. The quantitative estimate of drug-likeness (QED) is 0.0336. The summed E-state index contributed by atoms with van der Waals surface area (Å²) in [5, 5.41) is 0. The van der Waals surface area contributed by atoms with Crippen molar-refractivity contribution in [3.05, 3.63) is 31.5 Å². The second kappa shape index (κ2) is 53.5. The first-order chi connectivity index (χ1) is 40.7. The minimum Gasteiger partial charge on any atom is -0.466 e. The number of hydrogen-bond donors (Lipinski definition) is 0. The van der Waals surface area contributed by atoms with E-state index in [0.717, 1.165) is 57.8 Å². The van der Waals surface area contributed by atoms with Crippen molar-refractivity contribution in [2.24, 2.45) is 0 Å². The molecule has 1 aromatic rings. The summed E-state index contributed by atoms with van der Waals surface area (Å²) in [6.07, 6.45) is 30.8. The van der Waals surface area contributed by atoms with Gasteiger partial charge in [-0.15, -0.1) is 0 Å². The Kier molecular flexibility index (Phi) is 49.9. The van der Waals surface area contributed by atoms with Gasteiger partial charge < -0.3 is 28.4 Å². The SMILES string of the molecule is CCCCCCCCCCCCOC(=O)CCSCCC(=O)OC(C)n1c(=O)n(C(C)OC(=O)CCSCCC(=O)OCCCCCCCCCCCC)c(=O)n(C(C)OC(=O)CCSCCC(=O)OCCCCCCCCCCCC)c1=O. The van der Waals surface area contributed by atoms with Crippen LogP contribution in [0, 0.1) is 0 Å². The Morgan fingerprint density at radius 3 is 0.679 bits per heavy atom. The predicted octanol–water partition coefficient (Wildman–Crippen LogP) is 14.3. The minimum absolute atomic E-state index is 0.134. The van der Waals surface area contributed by atoms with Crippen molar-refractivity contribution < 1.29 is 57.2 Å². The van der Waals surface area contributed by atoms with Gasteiger partial charge in [-0.25, -0.2) is 28.1 Å². The summed E-state index contributed by atoms with van der Waals surface area (Å²) >= 11 is 4.01. The van der Waals surface area contributed by atoms with E-state index in [-0.39, 0.29) is 73.7 Å². The van der Waals surface area contributed by atoms with Crippen molar-refractivity contribution in [3.8, 4) is 0 Å². The third-order valence-corrected chi connectivity index (χ3v) is 17.2. The maximum absolute atomic E-state index is 14.1. The van der Waals surface area contributed by atoms with E-state index in [1.54, 1.807) is 0 Å². The molecule has 0 bridgehead atoms. The minimum atomic E-state index is -1.57. The highest BCUT2D eigenvalue weighted by atomic mass is 32.2. The normalized spacial score (nSPS) is 12.4. The molecule has 21 heteroatoms. The Labute approximate surface area is 516 Å². The number of nitrogens with zero attached hydrogens (tertiary/aromatic N) is 3. The molecule has 84 heavy (non-hydrogen) atoms. The van der Waals surface area contributed by atoms with Crippen molar-refractivity contribution in [2.75, 3.05) is 54.3 Å². The van der Waals surface area contributed by atoms with Gasteiger partial charge in [0.25, 0.3) is 0 Å². The molecule has 486 valence electrons. The van der Waals surface area contributed by atoms with Crippen molar-refractivity contribution in [1.29, 1.82) is 0 Å². The zero-order valence-electron chi connectivity index (χ0n) is 52.7. The number of ether oxygens (including phenoxy) is 6. The highest BCUT2D eigenvalue weighted by Gasteiger charge is 2.29. The van der Waals surface area contributed by atoms with Gasteiger partial charge in [0.2, 0.25) is 0 Å². The van der Waals surface area contributed by atoms with Crippen LogP contribution in [0.1, 0.15) is 291 Å². The van der Waals surface area contributed by atoms with Crippen molar-refractivity contribution in [2.45, 2.75) is 291 Å². The zero-order chi connectivity index (χ0) is 61.8. The van der Waals surface area contributed by atoms with E-state index < -0.39 is 53.7 Å². The first-order valence-corrected chi connectivity index (χ1v) is 35.9. The number of carbonyl (C=O) groups is 6. The first-order valence-electron chi connectivity index (χ1n) is 32.5. The molecule has 0 radical (unpaired) electrons. The molecule has 0 aliphatic heterocycles. The number of unbranched alkanes of at least 4 members (excludes halogenated alkanes) is 27. The summed E-state index contributed by atoms with van der Waals surface area (Å²) in [6.45, 7) is 11.6. The summed E-state index contributed by atoms with van der Waals surface area (Å²) in [5.41, 5.74) is -3.72. The second-order valence-electron chi connectivity index (χ2n) is 21.8. The first kappa shape index (κ1) is 78.3. The van der Waals surface area contributed by atoms with E-state index in [0.29, 0.717) is 50.8 Å². The maximum atomic E-state index is 14.1. The second-order valence-corrected chi connectivity index (χ2v) is 25.4. The lowest BCUT2D eigenvalue weighted by Gasteiger charge is -2.23. The number of thioether (sulfide) groups is 3. The predicted molar refractivity (Wildman–Crippen MR) is 340 cm³/mol. The van der Waals surface area contributed by atoms with Crippen molar-refractivity contribution in [1.82, 2.24) is 13.7 Å². The number of rotatable bonds is 57. The van der Waals surface area contributed by atoms with Gasteiger partial charge in [-0.3, -0.25) is 28.8 Å². The molecular weight excluding hydrogens is 1130 g/mol. The molecule has 0 spiro atoms. The van der Waals surface area contributed by atoms with Crippen LogP contribution in [0.5, 0.6) is 0 Å². The van der Waals surface area contributed by atoms with E-state index >= 15 is 0 Å². The monoisotopic (exact) mass is 1250 g/mol. The van der Waals surface area contributed by atoms with Crippen LogP contribution in [-0.2, 0) is 57.2 Å². The average molecular weight is 1250 g/mol. The van der Waals surface area contributed by atoms with Gasteiger partial charge in [0, 0.05) is 34.5 Å². The molecule has 1 aromatic heterocycles. The Morgan fingerprint density at radius 1 is 0.298 bits per heavy atom. The number of carbonyl (C=O) groups excluding carboxylic acids is 6. The fourth-order valence-corrected chi connectivity index (χ4v) is 11.7. The lowest BCUT2D eigenvalue weighted by molar-refractivity contribution is -0.154. The van der Waals surface area contributed by atoms with Gasteiger partial charge in [0.05, 0.1) is 58.3 Å².